The molecule has 4 nitrogen and oxygen atoms in total. The molecule has 2 aromatic rings. The monoisotopic (exact) mass is 468 g/mol. The van der Waals surface area contributed by atoms with Crippen LogP contribution in [0.5, 0.6) is 5.75 Å². The second-order valence-electron chi connectivity index (χ2n) is 9.13. The Labute approximate surface area is 208 Å². The highest BCUT2D eigenvalue weighted by molar-refractivity contribution is 5.83. The van der Waals surface area contributed by atoms with Crippen molar-refractivity contribution in [1.29, 1.82) is 0 Å². The summed E-state index contributed by atoms with van der Waals surface area (Å²) in [5.74, 6) is 0.160. The molecule has 3 rings (SSSR count). The lowest BCUT2D eigenvalue weighted by Crippen LogP contribution is -2.06. The Hall–Kier alpha value is -3.92. The maximum atomic E-state index is 11.6. The Bertz CT molecular complexity index is 1160. The molecule has 0 amide bonds. The molecule has 0 aromatic heterocycles. The van der Waals surface area contributed by atoms with Crippen molar-refractivity contribution in [3.05, 3.63) is 126 Å². The smallest absolute Gasteiger partial charge is 0.335 e. The van der Waals surface area contributed by atoms with Gasteiger partial charge in [0.05, 0.1) is 0 Å². The fourth-order valence-corrected chi connectivity index (χ4v) is 3.88. The van der Waals surface area contributed by atoms with Crippen molar-refractivity contribution < 1.29 is 19.1 Å². The molecule has 2 aromatic carbocycles. The van der Waals surface area contributed by atoms with Crippen LogP contribution in [0.15, 0.2) is 109 Å². The van der Waals surface area contributed by atoms with E-state index in [4.69, 9.17) is 9.47 Å². The highest BCUT2D eigenvalue weighted by Gasteiger charge is 2.17. The van der Waals surface area contributed by atoms with Crippen LogP contribution in [-0.2, 0) is 33.6 Å². The van der Waals surface area contributed by atoms with E-state index < -0.39 is 11.9 Å². The highest BCUT2D eigenvalue weighted by atomic mass is 16.5. The van der Waals surface area contributed by atoms with Crippen molar-refractivity contribution in [2.75, 3.05) is 0 Å². The molecule has 0 radical (unpaired) electrons. The molecule has 0 N–H and O–H groups in total. The van der Waals surface area contributed by atoms with Crippen molar-refractivity contribution in [3.8, 4) is 5.75 Å². The molecule has 0 saturated heterocycles. The minimum atomic E-state index is -0.455. The van der Waals surface area contributed by atoms with Gasteiger partial charge in [-0.25, -0.2) is 9.59 Å². The van der Waals surface area contributed by atoms with Gasteiger partial charge < -0.3 is 9.47 Å². The molecule has 0 aliphatic heterocycles. The second kappa shape index (κ2) is 12.0. The van der Waals surface area contributed by atoms with Gasteiger partial charge in [-0.3, -0.25) is 0 Å². The van der Waals surface area contributed by atoms with Gasteiger partial charge in [0.15, 0.2) is 0 Å². The van der Waals surface area contributed by atoms with Crippen LogP contribution in [-0.4, -0.2) is 11.9 Å². The number of ether oxygens (including phenoxy) is 2. The minimum absolute atomic E-state index is 0.217. The predicted octanol–water partition coefficient (Wildman–Crippen LogP) is 6.63. The number of esters is 2. The van der Waals surface area contributed by atoms with Crippen molar-refractivity contribution in [3.63, 3.8) is 0 Å². The Kier molecular flexibility index (Phi) is 8.80. The Morgan fingerprint density at radius 1 is 0.714 bits per heavy atom. The summed E-state index contributed by atoms with van der Waals surface area (Å²) in [4.78, 5) is 22.8. The van der Waals surface area contributed by atoms with Crippen LogP contribution in [0.3, 0.4) is 0 Å². The number of hydrogen-bond donors (Lipinski definition) is 0. The lowest BCUT2D eigenvalue weighted by Gasteiger charge is -2.16. The van der Waals surface area contributed by atoms with Gasteiger partial charge in [-0.05, 0) is 66.7 Å². The van der Waals surface area contributed by atoms with Crippen LogP contribution in [0, 0.1) is 5.41 Å². The zero-order valence-corrected chi connectivity index (χ0v) is 20.5. The molecule has 1 aliphatic carbocycles. The predicted molar refractivity (Wildman–Crippen MR) is 140 cm³/mol. The lowest BCUT2D eigenvalue weighted by atomic mass is 9.89. The van der Waals surface area contributed by atoms with E-state index in [1.54, 1.807) is 12.1 Å². The summed E-state index contributed by atoms with van der Waals surface area (Å²) in [6.07, 6.45) is 14.0. The van der Waals surface area contributed by atoms with Gasteiger partial charge in [-0.2, -0.15) is 0 Å². The fraction of sp³-hybridized carbons (Fsp3) is 0.226. The van der Waals surface area contributed by atoms with Gasteiger partial charge >= 0.3 is 11.9 Å². The molecule has 0 spiro atoms. The van der Waals surface area contributed by atoms with Crippen LogP contribution in [0.25, 0.3) is 0 Å². The molecular weight excluding hydrogens is 436 g/mol. The van der Waals surface area contributed by atoms with E-state index in [0.717, 1.165) is 31.8 Å². The fourth-order valence-electron chi connectivity index (χ4n) is 3.88. The number of carbonyl (C=O) groups excluding carboxylic acids is 2. The van der Waals surface area contributed by atoms with Crippen molar-refractivity contribution in [2.45, 2.75) is 39.5 Å². The summed E-state index contributed by atoms with van der Waals surface area (Å²) in [6, 6.07) is 16.3. The number of allylic oxidation sites excluding steroid dienone is 5. The molecule has 0 saturated carbocycles. The topological polar surface area (TPSA) is 52.6 Å². The van der Waals surface area contributed by atoms with Crippen LogP contribution < -0.4 is 4.74 Å². The molecule has 0 atom stereocenters. The SMILES string of the molecule is C=CC(=O)OC1=CC(C)(C)C=C(CCc2ccc(CCc3ccc(OC(=O)C=C)cc3)cc2)C=C1. The van der Waals surface area contributed by atoms with E-state index in [1.807, 2.05) is 30.4 Å². The van der Waals surface area contributed by atoms with Crippen molar-refractivity contribution in [2.24, 2.45) is 5.41 Å². The van der Waals surface area contributed by atoms with Gasteiger partial charge in [0.25, 0.3) is 0 Å². The molecule has 180 valence electrons. The molecule has 35 heavy (non-hydrogen) atoms. The minimum Gasteiger partial charge on any atom is -0.424 e. The average Bonchev–Trinajstić information content (AvgIpc) is 2.99. The summed E-state index contributed by atoms with van der Waals surface area (Å²) in [7, 11) is 0. The molecule has 0 unspecified atom stereocenters. The van der Waals surface area contributed by atoms with E-state index in [0.29, 0.717) is 11.5 Å². The highest BCUT2D eigenvalue weighted by Crippen LogP contribution is 2.29. The van der Waals surface area contributed by atoms with Gasteiger partial charge in [0.2, 0.25) is 0 Å². The van der Waals surface area contributed by atoms with E-state index in [-0.39, 0.29) is 5.41 Å². The van der Waals surface area contributed by atoms with Crippen LogP contribution in [0.4, 0.5) is 0 Å². The second-order valence-corrected chi connectivity index (χ2v) is 9.13. The van der Waals surface area contributed by atoms with Crippen LogP contribution in [0.1, 0.15) is 37.0 Å². The summed E-state index contributed by atoms with van der Waals surface area (Å²) >= 11 is 0. The first-order valence-electron chi connectivity index (χ1n) is 11.7. The Morgan fingerprint density at radius 3 is 1.74 bits per heavy atom. The number of aryl methyl sites for hydroxylation is 3. The molecular formula is C31H32O4. The number of benzene rings is 2. The normalized spacial score (nSPS) is 14.2. The van der Waals surface area contributed by atoms with E-state index >= 15 is 0 Å². The van der Waals surface area contributed by atoms with E-state index in [2.05, 4.69) is 57.3 Å². The summed E-state index contributed by atoms with van der Waals surface area (Å²) in [6.45, 7) is 11.0. The number of hydrogen-bond acceptors (Lipinski definition) is 4. The third kappa shape index (κ3) is 8.42. The van der Waals surface area contributed by atoms with Gasteiger partial charge in [-0.1, -0.05) is 81.1 Å². The molecule has 0 bridgehead atoms. The lowest BCUT2D eigenvalue weighted by molar-refractivity contribution is -0.133. The zero-order valence-electron chi connectivity index (χ0n) is 20.5. The van der Waals surface area contributed by atoms with E-state index in [9.17, 15) is 9.59 Å². The molecule has 0 heterocycles. The first kappa shape index (κ1) is 25.7. The molecule has 0 fully saturated rings. The quantitative estimate of drug-likeness (QED) is 0.223. The Morgan fingerprint density at radius 2 is 1.20 bits per heavy atom. The summed E-state index contributed by atoms with van der Waals surface area (Å²) in [5.41, 5.74) is 4.75. The maximum Gasteiger partial charge on any atom is 0.335 e. The van der Waals surface area contributed by atoms with Crippen molar-refractivity contribution >= 4 is 11.9 Å². The third-order valence-electron chi connectivity index (χ3n) is 5.65. The van der Waals surface area contributed by atoms with Crippen LogP contribution >= 0.6 is 0 Å². The van der Waals surface area contributed by atoms with Crippen LogP contribution in [0.2, 0.25) is 0 Å². The van der Waals surface area contributed by atoms with Gasteiger partial charge in [0, 0.05) is 17.6 Å². The average molecular weight is 469 g/mol. The van der Waals surface area contributed by atoms with E-state index in [1.165, 1.54) is 28.3 Å². The van der Waals surface area contributed by atoms with Crippen molar-refractivity contribution in [1.82, 2.24) is 0 Å². The first-order valence-corrected chi connectivity index (χ1v) is 11.7. The zero-order chi connectivity index (χ0) is 25.3. The summed E-state index contributed by atoms with van der Waals surface area (Å²) in [5, 5.41) is 0. The molecule has 1 aliphatic rings. The number of rotatable bonds is 10. The Balaban J connectivity index is 1.51. The van der Waals surface area contributed by atoms with Gasteiger partial charge in [-0.15, -0.1) is 0 Å². The third-order valence-corrected chi connectivity index (χ3v) is 5.65. The molecule has 4 heteroatoms. The summed E-state index contributed by atoms with van der Waals surface area (Å²) < 4.78 is 10.4. The first-order chi connectivity index (χ1) is 16.8. The van der Waals surface area contributed by atoms with Gasteiger partial charge in [0.1, 0.15) is 11.5 Å². The standard InChI is InChI=1S/C31H32O4/c1-5-29(32)34-27-18-15-25(16-19-27)12-11-23-7-9-24(10-8-23)13-14-26-17-20-28(35-30(33)6-2)22-31(3,4)21-26/h5-10,15-22H,1-2,11-14H2,3-4H3. The maximum absolute atomic E-state index is 11.6. The largest absolute Gasteiger partial charge is 0.424 e. The number of carbonyl (C=O) groups is 2.